The molecule has 1 nitrogen and oxygen atoms in total. The lowest BCUT2D eigenvalue weighted by Crippen LogP contribution is -1.97. The van der Waals surface area contributed by atoms with E-state index in [2.05, 4.69) is 22.0 Å². The van der Waals surface area contributed by atoms with E-state index in [1.165, 1.54) is 23.3 Å². The summed E-state index contributed by atoms with van der Waals surface area (Å²) in [7, 11) is 0. The van der Waals surface area contributed by atoms with E-state index in [9.17, 15) is 4.39 Å². The van der Waals surface area contributed by atoms with Gasteiger partial charge in [-0.25, -0.2) is 4.39 Å². The van der Waals surface area contributed by atoms with Crippen molar-refractivity contribution in [3.63, 3.8) is 0 Å². The SMILES string of the molecule is Cc1cc(C)cc(OCc2ccc(F)cc2Br)c1. The molecule has 0 spiro atoms. The maximum atomic E-state index is 12.9. The number of rotatable bonds is 3. The summed E-state index contributed by atoms with van der Waals surface area (Å²) in [5.74, 6) is 0.584. The number of hydrogen-bond donors (Lipinski definition) is 0. The minimum absolute atomic E-state index is 0.253. The van der Waals surface area contributed by atoms with Crippen molar-refractivity contribution in [2.45, 2.75) is 20.5 Å². The molecular weight excluding hydrogens is 295 g/mol. The van der Waals surface area contributed by atoms with Gasteiger partial charge in [-0.05, 0) is 49.2 Å². The summed E-state index contributed by atoms with van der Waals surface area (Å²) in [6.45, 7) is 4.49. The van der Waals surface area contributed by atoms with Crippen LogP contribution in [0.1, 0.15) is 16.7 Å². The summed E-state index contributed by atoms with van der Waals surface area (Å²) >= 11 is 3.33. The molecule has 3 heteroatoms. The maximum Gasteiger partial charge on any atom is 0.124 e. The van der Waals surface area contributed by atoms with Crippen LogP contribution in [0.2, 0.25) is 0 Å². The molecule has 0 aliphatic heterocycles. The molecule has 2 aromatic carbocycles. The minimum atomic E-state index is -0.253. The first kappa shape index (κ1) is 13.1. The van der Waals surface area contributed by atoms with Crippen LogP contribution < -0.4 is 4.74 Å². The van der Waals surface area contributed by atoms with Gasteiger partial charge in [0.15, 0.2) is 0 Å². The van der Waals surface area contributed by atoms with Crippen molar-refractivity contribution in [1.82, 2.24) is 0 Å². The fourth-order valence-corrected chi connectivity index (χ4v) is 2.28. The smallest absolute Gasteiger partial charge is 0.124 e. The first-order chi connectivity index (χ1) is 8.54. The third kappa shape index (κ3) is 3.33. The minimum Gasteiger partial charge on any atom is -0.489 e. The van der Waals surface area contributed by atoms with Gasteiger partial charge >= 0.3 is 0 Å². The summed E-state index contributed by atoms with van der Waals surface area (Å²) in [5.41, 5.74) is 3.27. The number of hydrogen-bond acceptors (Lipinski definition) is 1. The molecule has 0 N–H and O–H groups in total. The lowest BCUT2D eigenvalue weighted by atomic mass is 10.1. The predicted molar refractivity (Wildman–Crippen MR) is 74.3 cm³/mol. The zero-order valence-electron chi connectivity index (χ0n) is 10.3. The second-order valence-electron chi connectivity index (χ2n) is 4.35. The molecule has 0 unspecified atom stereocenters. The highest BCUT2D eigenvalue weighted by atomic mass is 79.9. The van der Waals surface area contributed by atoms with E-state index in [1.54, 1.807) is 6.07 Å². The molecule has 94 valence electrons. The summed E-state index contributed by atoms with van der Waals surface area (Å²) in [6, 6.07) is 10.7. The van der Waals surface area contributed by atoms with Crippen molar-refractivity contribution >= 4 is 15.9 Å². The van der Waals surface area contributed by atoms with Gasteiger partial charge < -0.3 is 4.74 Å². The Balaban J connectivity index is 2.11. The van der Waals surface area contributed by atoms with Crippen molar-refractivity contribution in [3.05, 3.63) is 63.4 Å². The zero-order chi connectivity index (χ0) is 13.1. The van der Waals surface area contributed by atoms with Crippen LogP contribution in [0.5, 0.6) is 5.75 Å². The van der Waals surface area contributed by atoms with E-state index in [4.69, 9.17) is 4.74 Å². The molecule has 18 heavy (non-hydrogen) atoms. The molecular formula is C15H14BrFO. The van der Waals surface area contributed by atoms with Crippen LogP contribution in [0.15, 0.2) is 40.9 Å². The molecule has 0 aliphatic carbocycles. The van der Waals surface area contributed by atoms with Crippen LogP contribution in [0.3, 0.4) is 0 Å². The summed E-state index contributed by atoms with van der Waals surface area (Å²) in [6.07, 6.45) is 0. The molecule has 0 fully saturated rings. The van der Waals surface area contributed by atoms with Crippen molar-refractivity contribution < 1.29 is 9.13 Å². The fourth-order valence-electron chi connectivity index (χ4n) is 1.82. The Hall–Kier alpha value is -1.35. The average Bonchev–Trinajstić information content (AvgIpc) is 2.26. The van der Waals surface area contributed by atoms with E-state index in [0.29, 0.717) is 6.61 Å². The quantitative estimate of drug-likeness (QED) is 0.792. The Morgan fingerprint density at radius 1 is 1.06 bits per heavy atom. The number of halogens is 2. The van der Waals surface area contributed by atoms with Gasteiger partial charge in [0.05, 0.1) is 0 Å². The summed E-state index contributed by atoms with van der Waals surface area (Å²) < 4.78 is 19.4. The van der Waals surface area contributed by atoms with Crippen LogP contribution in [0, 0.1) is 19.7 Å². The van der Waals surface area contributed by atoms with Gasteiger partial charge in [0.25, 0.3) is 0 Å². The fraction of sp³-hybridized carbons (Fsp3) is 0.200. The van der Waals surface area contributed by atoms with Gasteiger partial charge in [0.1, 0.15) is 18.2 Å². The largest absolute Gasteiger partial charge is 0.489 e. The summed E-state index contributed by atoms with van der Waals surface area (Å²) in [4.78, 5) is 0. The maximum absolute atomic E-state index is 12.9. The monoisotopic (exact) mass is 308 g/mol. The van der Waals surface area contributed by atoms with Gasteiger partial charge in [0.2, 0.25) is 0 Å². The second-order valence-corrected chi connectivity index (χ2v) is 5.20. The molecule has 0 saturated carbocycles. The van der Waals surface area contributed by atoms with E-state index in [-0.39, 0.29) is 5.82 Å². The van der Waals surface area contributed by atoms with Crippen molar-refractivity contribution in [2.24, 2.45) is 0 Å². The molecule has 0 radical (unpaired) electrons. The lowest BCUT2D eigenvalue weighted by Gasteiger charge is -2.09. The molecule has 0 atom stereocenters. The van der Waals surface area contributed by atoms with E-state index in [1.807, 2.05) is 26.0 Å². The number of benzene rings is 2. The highest BCUT2D eigenvalue weighted by Crippen LogP contribution is 2.22. The third-order valence-electron chi connectivity index (χ3n) is 2.60. The van der Waals surface area contributed by atoms with E-state index >= 15 is 0 Å². The highest BCUT2D eigenvalue weighted by molar-refractivity contribution is 9.10. The highest BCUT2D eigenvalue weighted by Gasteiger charge is 2.03. The standard InChI is InChI=1S/C15H14BrFO/c1-10-5-11(2)7-14(6-10)18-9-12-3-4-13(17)8-15(12)16/h3-8H,9H2,1-2H3. The van der Waals surface area contributed by atoms with E-state index in [0.717, 1.165) is 15.8 Å². The first-order valence-corrected chi connectivity index (χ1v) is 6.49. The van der Waals surface area contributed by atoms with Crippen molar-refractivity contribution in [1.29, 1.82) is 0 Å². The second kappa shape index (κ2) is 5.53. The normalized spacial score (nSPS) is 10.4. The topological polar surface area (TPSA) is 9.23 Å². The van der Waals surface area contributed by atoms with Crippen LogP contribution >= 0.6 is 15.9 Å². The Morgan fingerprint density at radius 2 is 1.72 bits per heavy atom. The zero-order valence-corrected chi connectivity index (χ0v) is 11.9. The van der Waals surface area contributed by atoms with Crippen molar-refractivity contribution in [3.8, 4) is 5.75 Å². The molecule has 0 amide bonds. The predicted octanol–water partition coefficient (Wildman–Crippen LogP) is 4.78. The van der Waals surface area contributed by atoms with Gasteiger partial charge in [-0.15, -0.1) is 0 Å². The molecule has 0 aromatic heterocycles. The Morgan fingerprint density at radius 3 is 2.33 bits per heavy atom. The third-order valence-corrected chi connectivity index (χ3v) is 3.34. The van der Waals surface area contributed by atoms with Crippen molar-refractivity contribution in [2.75, 3.05) is 0 Å². The van der Waals surface area contributed by atoms with Gasteiger partial charge in [0, 0.05) is 10.0 Å². The number of ether oxygens (including phenoxy) is 1. The number of aryl methyl sites for hydroxylation is 2. The molecule has 2 aromatic rings. The van der Waals surface area contributed by atoms with Gasteiger partial charge in [-0.2, -0.15) is 0 Å². The molecule has 2 rings (SSSR count). The van der Waals surface area contributed by atoms with Gasteiger partial charge in [-0.1, -0.05) is 28.1 Å². The molecule has 0 heterocycles. The molecule has 0 saturated heterocycles. The van der Waals surface area contributed by atoms with Crippen LogP contribution in [0.4, 0.5) is 4.39 Å². The van der Waals surface area contributed by atoms with Crippen LogP contribution in [0.25, 0.3) is 0 Å². The average molecular weight is 309 g/mol. The van der Waals surface area contributed by atoms with E-state index < -0.39 is 0 Å². The van der Waals surface area contributed by atoms with Crippen LogP contribution in [-0.2, 0) is 6.61 Å². The molecule has 0 aliphatic rings. The molecule has 0 bridgehead atoms. The lowest BCUT2D eigenvalue weighted by molar-refractivity contribution is 0.305. The Bertz CT molecular complexity index is 546. The first-order valence-electron chi connectivity index (χ1n) is 5.69. The van der Waals surface area contributed by atoms with Gasteiger partial charge in [-0.3, -0.25) is 0 Å². The van der Waals surface area contributed by atoms with Crippen LogP contribution in [-0.4, -0.2) is 0 Å². The summed E-state index contributed by atoms with van der Waals surface area (Å²) in [5, 5.41) is 0. The Labute approximate surface area is 115 Å². The Kier molecular flexibility index (Phi) is 4.02.